The van der Waals surface area contributed by atoms with Gasteiger partial charge in [0.25, 0.3) is 11.8 Å². The van der Waals surface area contributed by atoms with Crippen molar-refractivity contribution < 1.29 is 19.8 Å². The van der Waals surface area contributed by atoms with Crippen LogP contribution in [0, 0.1) is 0 Å². The molecule has 0 aliphatic rings. The van der Waals surface area contributed by atoms with Crippen molar-refractivity contribution in [2.24, 2.45) is 10.2 Å². The SMILES string of the molecule is C/C(=N/NC(=O)CSc1nnc(SCC(=O)N/N=C(/C)c2ccc(O)cc2)s1)c1ccc(O)cc1. The molecule has 4 N–H and O–H groups in total. The molecule has 0 bridgehead atoms. The molecule has 13 heteroatoms. The second-order valence-corrected chi connectivity index (χ2v) is 10.4. The van der Waals surface area contributed by atoms with Gasteiger partial charge < -0.3 is 10.2 Å². The zero-order valence-electron chi connectivity index (χ0n) is 18.8. The molecule has 1 heterocycles. The number of phenols is 2. The third-order valence-corrected chi connectivity index (χ3v) is 7.50. The minimum atomic E-state index is -0.293. The first-order valence-corrected chi connectivity index (χ1v) is 12.9. The van der Waals surface area contributed by atoms with Crippen LogP contribution in [0.15, 0.2) is 67.4 Å². The Morgan fingerprint density at radius 1 is 0.771 bits per heavy atom. The summed E-state index contributed by atoms with van der Waals surface area (Å²) in [6, 6.07) is 13.0. The summed E-state index contributed by atoms with van der Waals surface area (Å²) in [6.45, 7) is 3.51. The minimum Gasteiger partial charge on any atom is -0.508 e. The van der Waals surface area contributed by atoms with Crippen molar-refractivity contribution in [1.82, 2.24) is 21.0 Å². The summed E-state index contributed by atoms with van der Waals surface area (Å²) >= 11 is 3.73. The molecule has 3 rings (SSSR count). The molecule has 2 aromatic carbocycles. The van der Waals surface area contributed by atoms with Crippen LogP contribution in [0.4, 0.5) is 0 Å². The van der Waals surface area contributed by atoms with Gasteiger partial charge in [0.1, 0.15) is 11.5 Å². The molecule has 2 amide bonds. The maximum atomic E-state index is 12.1. The van der Waals surface area contributed by atoms with Gasteiger partial charge in [-0.1, -0.05) is 34.9 Å². The highest BCUT2D eigenvalue weighted by Crippen LogP contribution is 2.28. The van der Waals surface area contributed by atoms with Gasteiger partial charge in [0, 0.05) is 0 Å². The Hall–Kier alpha value is -3.42. The van der Waals surface area contributed by atoms with E-state index in [0.717, 1.165) is 11.1 Å². The van der Waals surface area contributed by atoms with E-state index in [-0.39, 0.29) is 34.8 Å². The summed E-state index contributed by atoms with van der Waals surface area (Å²) < 4.78 is 1.20. The predicted octanol–water partition coefficient (Wildman–Crippen LogP) is 3.21. The average molecular weight is 531 g/mol. The first kappa shape index (κ1) is 26.2. The zero-order chi connectivity index (χ0) is 25.2. The van der Waals surface area contributed by atoms with Gasteiger partial charge >= 0.3 is 0 Å². The number of carbonyl (C=O) groups excluding carboxylic acids is 2. The first-order chi connectivity index (χ1) is 16.8. The molecule has 0 radical (unpaired) electrons. The number of carbonyl (C=O) groups is 2. The van der Waals surface area contributed by atoms with Crippen molar-refractivity contribution >= 4 is 58.1 Å². The van der Waals surface area contributed by atoms with Gasteiger partial charge in [-0.25, -0.2) is 10.9 Å². The number of nitrogens with zero attached hydrogens (tertiary/aromatic N) is 4. The smallest absolute Gasteiger partial charge is 0.250 e. The van der Waals surface area contributed by atoms with Crippen molar-refractivity contribution in [2.75, 3.05) is 11.5 Å². The number of hydrogen-bond acceptors (Lipinski definition) is 11. The highest BCUT2D eigenvalue weighted by molar-refractivity contribution is 8.03. The number of hydrogen-bond donors (Lipinski definition) is 4. The Kier molecular flexibility index (Phi) is 9.64. The fourth-order valence-corrected chi connectivity index (χ4v) is 5.06. The minimum absolute atomic E-state index is 0.109. The van der Waals surface area contributed by atoms with E-state index in [0.29, 0.717) is 20.1 Å². The predicted molar refractivity (Wildman–Crippen MR) is 138 cm³/mol. The molecule has 1 aromatic heterocycles. The van der Waals surface area contributed by atoms with Crippen molar-refractivity contribution in [1.29, 1.82) is 0 Å². The lowest BCUT2D eigenvalue weighted by Gasteiger charge is -2.02. The van der Waals surface area contributed by atoms with Gasteiger partial charge in [-0.2, -0.15) is 10.2 Å². The summed E-state index contributed by atoms with van der Waals surface area (Å²) in [6.07, 6.45) is 0. The second-order valence-electron chi connectivity index (χ2n) is 6.97. The van der Waals surface area contributed by atoms with E-state index in [1.807, 2.05) is 0 Å². The molecule has 0 saturated heterocycles. The van der Waals surface area contributed by atoms with Crippen LogP contribution in [-0.4, -0.2) is 55.2 Å². The molecule has 3 aromatic rings. The van der Waals surface area contributed by atoms with Gasteiger partial charge in [-0.05, 0) is 73.5 Å². The molecule has 0 atom stereocenters. The van der Waals surface area contributed by atoms with Gasteiger partial charge in [-0.3, -0.25) is 9.59 Å². The number of thioether (sulfide) groups is 2. The summed E-state index contributed by atoms with van der Waals surface area (Å²) in [5, 5.41) is 34.8. The average Bonchev–Trinajstić information content (AvgIpc) is 3.32. The quantitative estimate of drug-likeness (QED) is 0.177. The summed E-state index contributed by atoms with van der Waals surface area (Å²) in [4.78, 5) is 24.1. The summed E-state index contributed by atoms with van der Waals surface area (Å²) in [5.74, 6) is -0.0511. The highest BCUT2D eigenvalue weighted by Gasteiger charge is 2.11. The molecule has 182 valence electrons. The van der Waals surface area contributed by atoms with Crippen molar-refractivity contribution in [3.8, 4) is 11.5 Å². The lowest BCUT2D eigenvalue weighted by Crippen LogP contribution is -2.21. The van der Waals surface area contributed by atoms with E-state index in [2.05, 4.69) is 31.3 Å². The number of hydrazone groups is 2. The number of amides is 2. The van der Waals surface area contributed by atoms with Crippen LogP contribution >= 0.6 is 34.9 Å². The van der Waals surface area contributed by atoms with E-state index in [1.54, 1.807) is 62.4 Å². The third kappa shape index (κ3) is 8.70. The molecule has 0 spiro atoms. The largest absolute Gasteiger partial charge is 0.508 e. The summed E-state index contributed by atoms with van der Waals surface area (Å²) in [7, 11) is 0. The topological polar surface area (TPSA) is 149 Å². The van der Waals surface area contributed by atoms with Crippen LogP contribution in [0.25, 0.3) is 0 Å². The first-order valence-electron chi connectivity index (χ1n) is 10.1. The van der Waals surface area contributed by atoms with Crippen LogP contribution in [0.3, 0.4) is 0 Å². The fraction of sp³-hybridized carbons (Fsp3) is 0.182. The van der Waals surface area contributed by atoms with Crippen LogP contribution in [-0.2, 0) is 9.59 Å². The van der Waals surface area contributed by atoms with E-state index in [1.165, 1.54) is 34.9 Å². The maximum absolute atomic E-state index is 12.1. The van der Waals surface area contributed by atoms with Crippen LogP contribution < -0.4 is 10.9 Å². The fourth-order valence-electron chi connectivity index (χ4n) is 2.46. The molecular formula is C22H22N6O4S3. The number of aromatic hydroxyl groups is 2. The maximum Gasteiger partial charge on any atom is 0.250 e. The van der Waals surface area contributed by atoms with E-state index < -0.39 is 0 Å². The lowest BCUT2D eigenvalue weighted by atomic mass is 10.1. The lowest BCUT2D eigenvalue weighted by molar-refractivity contribution is -0.119. The van der Waals surface area contributed by atoms with Gasteiger partial charge in [-0.15, -0.1) is 10.2 Å². The number of aromatic nitrogens is 2. The highest BCUT2D eigenvalue weighted by atomic mass is 32.2. The van der Waals surface area contributed by atoms with Crippen molar-refractivity contribution in [3.63, 3.8) is 0 Å². The van der Waals surface area contributed by atoms with Crippen molar-refractivity contribution in [2.45, 2.75) is 22.5 Å². The normalized spacial score (nSPS) is 11.8. The van der Waals surface area contributed by atoms with E-state index in [9.17, 15) is 19.8 Å². The van der Waals surface area contributed by atoms with Crippen molar-refractivity contribution in [3.05, 3.63) is 59.7 Å². The third-order valence-electron chi connectivity index (χ3n) is 4.31. The molecule has 0 saturated carbocycles. The zero-order valence-corrected chi connectivity index (χ0v) is 21.2. The standard InChI is InChI=1S/C22H22N6O4S3/c1-13(15-3-7-17(29)8-4-15)23-25-19(31)11-33-21-27-28-22(35-21)34-12-20(32)26-24-14(2)16-5-9-18(30)10-6-16/h3-10,29-30H,11-12H2,1-2H3,(H,25,31)(H,26,32)/b23-13-,24-14-. The Labute approximate surface area is 214 Å². The Bertz CT molecular complexity index is 1130. The van der Waals surface area contributed by atoms with Gasteiger partial charge in [0.15, 0.2) is 8.68 Å². The van der Waals surface area contributed by atoms with E-state index in [4.69, 9.17) is 0 Å². The van der Waals surface area contributed by atoms with E-state index >= 15 is 0 Å². The molecule has 0 fully saturated rings. The van der Waals surface area contributed by atoms with Gasteiger partial charge in [0.05, 0.1) is 22.9 Å². The summed E-state index contributed by atoms with van der Waals surface area (Å²) in [5.41, 5.74) is 7.77. The number of phenolic OH excluding ortho intramolecular Hbond substituents is 2. The number of nitrogens with one attached hydrogen (secondary N) is 2. The molecule has 0 unspecified atom stereocenters. The van der Waals surface area contributed by atoms with Crippen LogP contribution in [0.2, 0.25) is 0 Å². The molecule has 0 aliphatic heterocycles. The second kappa shape index (κ2) is 12.9. The Balaban J connectivity index is 1.39. The number of benzene rings is 2. The Morgan fingerprint density at radius 3 is 1.51 bits per heavy atom. The van der Waals surface area contributed by atoms with Crippen LogP contribution in [0.1, 0.15) is 25.0 Å². The Morgan fingerprint density at radius 2 is 1.14 bits per heavy atom. The molecular weight excluding hydrogens is 508 g/mol. The van der Waals surface area contributed by atoms with Crippen LogP contribution in [0.5, 0.6) is 11.5 Å². The molecule has 10 nitrogen and oxygen atoms in total. The molecule has 35 heavy (non-hydrogen) atoms. The molecule has 0 aliphatic carbocycles. The monoisotopic (exact) mass is 530 g/mol. The van der Waals surface area contributed by atoms with Gasteiger partial charge in [0.2, 0.25) is 0 Å². The number of rotatable bonds is 10.